The van der Waals surface area contributed by atoms with E-state index in [4.69, 9.17) is 11.5 Å². The van der Waals surface area contributed by atoms with Crippen molar-refractivity contribution in [2.24, 2.45) is 11.5 Å². The minimum atomic E-state index is -1.15. The van der Waals surface area contributed by atoms with E-state index in [1.807, 2.05) is 30.3 Å². The molecule has 166 valence electrons. The van der Waals surface area contributed by atoms with Crippen molar-refractivity contribution in [2.75, 3.05) is 13.1 Å². The lowest BCUT2D eigenvalue weighted by Crippen LogP contribution is -2.59. The lowest BCUT2D eigenvalue weighted by molar-refractivity contribution is -0.150. The molecule has 0 aliphatic carbocycles. The number of rotatable bonds is 12. The zero-order valence-electron chi connectivity index (χ0n) is 17.1. The molecule has 1 heterocycles. The van der Waals surface area contributed by atoms with E-state index < -0.39 is 42.0 Å². The number of likely N-dealkylation sites (tertiary alicyclic amines) is 1. The molecule has 2 rings (SSSR count). The Morgan fingerprint density at radius 1 is 1.17 bits per heavy atom. The van der Waals surface area contributed by atoms with Gasteiger partial charge in [0.1, 0.15) is 12.1 Å². The van der Waals surface area contributed by atoms with Crippen molar-refractivity contribution in [2.45, 2.75) is 62.7 Å². The maximum absolute atomic E-state index is 13.1. The van der Waals surface area contributed by atoms with Crippen molar-refractivity contribution in [3.05, 3.63) is 35.9 Å². The van der Waals surface area contributed by atoms with Crippen molar-refractivity contribution < 1.29 is 24.6 Å². The van der Waals surface area contributed by atoms with Crippen molar-refractivity contribution in [1.29, 1.82) is 0 Å². The third kappa shape index (κ3) is 6.51. The van der Waals surface area contributed by atoms with Gasteiger partial charge in [-0.15, -0.1) is 0 Å². The SMILES string of the molecule is NCCCC[C@H](NC(C(=O)O)C(N)Cc1ccccc1)C(=O)N1CCC[C@H]1C(=O)O. The van der Waals surface area contributed by atoms with Gasteiger partial charge in [-0.05, 0) is 44.2 Å². The molecular weight excluding hydrogens is 388 g/mol. The molecule has 0 spiro atoms. The van der Waals surface area contributed by atoms with Crippen LogP contribution in [0.25, 0.3) is 0 Å². The fourth-order valence-corrected chi connectivity index (χ4v) is 3.86. The first-order valence-corrected chi connectivity index (χ1v) is 10.4. The number of carboxylic acids is 2. The summed E-state index contributed by atoms with van der Waals surface area (Å²) in [5.41, 5.74) is 12.6. The fourth-order valence-electron chi connectivity index (χ4n) is 3.86. The summed E-state index contributed by atoms with van der Waals surface area (Å²) in [6.45, 7) is 0.803. The second-order valence-electron chi connectivity index (χ2n) is 7.70. The fraction of sp³-hybridized carbons (Fsp3) is 0.571. The van der Waals surface area contributed by atoms with E-state index in [0.29, 0.717) is 51.6 Å². The van der Waals surface area contributed by atoms with E-state index in [0.717, 1.165) is 5.56 Å². The summed E-state index contributed by atoms with van der Waals surface area (Å²) in [6, 6.07) is 5.68. The maximum atomic E-state index is 13.1. The molecule has 4 atom stereocenters. The van der Waals surface area contributed by atoms with Gasteiger partial charge < -0.3 is 26.6 Å². The van der Waals surface area contributed by atoms with Gasteiger partial charge in [0, 0.05) is 12.6 Å². The predicted molar refractivity (Wildman–Crippen MR) is 112 cm³/mol. The van der Waals surface area contributed by atoms with Crippen LogP contribution in [0.15, 0.2) is 30.3 Å². The quantitative estimate of drug-likeness (QED) is 0.299. The highest BCUT2D eigenvalue weighted by atomic mass is 16.4. The molecule has 1 aromatic carbocycles. The molecule has 1 aromatic rings. The Morgan fingerprint density at radius 3 is 2.47 bits per heavy atom. The summed E-state index contributed by atoms with van der Waals surface area (Å²) < 4.78 is 0. The minimum absolute atomic E-state index is 0.329. The van der Waals surface area contributed by atoms with E-state index >= 15 is 0 Å². The van der Waals surface area contributed by atoms with E-state index in [-0.39, 0.29) is 0 Å². The topological polar surface area (TPSA) is 159 Å². The van der Waals surface area contributed by atoms with Crippen LogP contribution in [-0.2, 0) is 20.8 Å². The van der Waals surface area contributed by atoms with E-state index in [2.05, 4.69) is 5.32 Å². The number of hydrogen-bond donors (Lipinski definition) is 5. The van der Waals surface area contributed by atoms with Crippen molar-refractivity contribution in [3.8, 4) is 0 Å². The molecule has 30 heavy (non-hydrogen) atoms. The zero-order valence-corrected chi connectivity index (χ0v) is 17.1. The van der Waals surface area contributed by atoms with Gasteiger partial charge in [0.2, 0.25) is 5.91 Å². The highest BCUT2D eigenvalue weighted by Crippen LogP contribution is 2.20. The first kappa shape index (κ1) is 23.8. The second-order valence-corrected chi connectivity index (χ2v) is 7.70. The molecule has 9 nitrogen and oxygen atoms in total. The number of carboxylic acid groups (broad SMARTS) is 2. The lowest BCUT2D eigenvalue weighted by atomic mass is 9.98. The number of unbranched alkanes of at least 4 members (excludes halogenated alkanes) is 1. The molecule has 2 unspecified atom stereocenters. The summed E-state index contributed by atoms with van der Waals surface area (Å²) in [5.74, 6) is -2.58. The van der Waals surface area contributed by atoms with Gasteiger partial charge in [0.25, 0.3) is 0 Å². The first-order chi connectivity index (χ1) is 14.3. The first-order valence-electron chi connectivity index (χ1n) is 10.4. The number of carbonyl (C=O) groups is 3. The van der Waals surface area contributed by atoms with Gasteiger partial charge in [0.15, 0.2) is 0 Å². The van der Waals surface area contributed by atoms with Gasteiger partial charge in [-0.25, -0.2) is 4.79 Å². The summed E-state index contributed by atoms with van der Waals surface area (Å²) in [4.78, 5) is 37.9. The van der Waals surface area contributed by atoms with Crippen LogP contribution >= 0.6 is 0 Å². The monoisotopic (exact) mass is 420 g/mol. The number of amides is 1. The molecule has 1 fully saturated rings. The number of aliphatic carboxylic acids is 2. The number of carbonyl (C=O) groups excluding carboxylic acids is 1. The zero-order chi connectivity index (χ0) is 22.1. The molecule has 0 radical (unpaired) electrons. The average Bonchev–Trinajstić information content (AvgIpc) is 3.20. The van der Waals surface area contributed by atoms with Gasteiger partial charge in [0.05, 0.1) is 6.04 Å². The number of nitrogens with two attached hydrogens (primary N) is 2. The van der Waals surface area contributed by atoms with Gasteiger partial charge in [-0.3, -0.25) is 14.9 Å². The van der Waals surface area contributed by atoms with Crippen LogP contribution in [-0.4, -0.2) is 70.2 Å². The van der Waals surface area contributed by atoms with Gasteiger partial charge in [-0.1, -0.05) is 36.8 Å². The Labute approximate surface area is 176 Å². The highest BCUT2D eigenvalue weighted by molar-refractivity contribution is 5.88. The van der Waals surface area contributed by atoms with Crippen molar-refractivity contribution in [1.82, 2.24) is 10.2 Å². The Balaban J connectivity index is 2.15. The summed E-state index contributed by atoms with van der Waals surface area (Å²) in [7, 11) is 0. The van der Waals surface area contributed by atoms with E-state index in [1.54, 1.807) is 0 Å². The molecule has 1 aliphatic rings. The molecule has 7 N–H and O–H groups in total. The minimum Gasteiger partial charge on any atom is -0.480 e. The number of nitrogens with zero attached hydrogens (tertiary/aromatic N) is 1. The summed E-state index contributed by atoms with van der Waals surface area (Å²) in [6.07, 6.45) is 2.99. The molecule has 9 heteroatoms. The standard InChI is InChI=1S/C21H32N4O5/c22-11-5-4-9-16(19(26)25-12-6-10-17(25)20(27)28)24-18(21(29)30)15(23)13-14-7-2-1-3-8-14/h1-3,7-8,15-18,24H,4-6,9-13,22-23H2,(H,27,28)(H,29,30)/t15?,16-,17-,18?/m0/s1. The Bertz CT molecular complexity index is 715. The number of hydrogen-bond acceptors (Lipinski definition) is 6. The third-order valence-electron chi connectivity index (χ3n) is 5.46. The average molecular weight is 421 g/mol. The Morgan fingerprint density at radius 2 is 1.87 bits per heavy atom. The van der Waals surface area contributed by atoms with Crippen LogP contribution in [0.1, 0.15) is 37.7 Å². The molecule has 0 bridgehead atoms. The molecule has 1 aliphatic heterocycles. The lowest BCUT2D eigenvalue weighted by Gasteiger charge is -2.31. The summed E-state index contributed by atoms with van der Waals surface area (Å²) in [5, 5.41) is 22.1. The number of nitrogens with one attached hydrogen (secondary N) is 1. The Hall–Kier alpha value is -2.49. The largest absolute Gasteiger partial charge is 0.480 e. The second kappa shape index (κ2) is 11.6. The van der Waals surface area contributed by atoms with Crippen LogP contribution in [0.2, 0.25) is 0 Å². The molecular formula is C21H32N4O5. The predicted octanol–water partition coefficient (Wildman–Crippen LogP) is 0.172. The van der Waals surface area contributed by atoms with Crippen LogP contribution < -0.4 is 16.8 Å². The van der Waals surface area contributed by atoms with Gasteiger partial charge in [-0.2, -0.15) is 0 Å². The molecule has 1 saturated heterocycles. The Kier molecular flexibility index (Phi) is 9.22. The molecule has 1 amide bonds. The normalized spacial score (nSPS) is 19.3. The smallest absolute Gasteiger partial charge is 0.326 e. The highest BCUT2D eigenvalue weighted by Gasteiger charge is 2.39. The van der Waals surface area contributed by atoms with E-state index in [9.17, 15) is 24.6 Å². The van der Waals surface area contributed by atoms with Gasteiger partial charge >= 0.3 is 11.9 Å². The third-order valence-corrected chi connectivity index (χ3v) is 5.46. The van der Waals surface area contributed by atoms with E-state index in [1.165, 1.54) is 4.90 Å². The molecule has 0 aromatic heterocycles. The maximum Gasteiger partial charge on any atom is 0.326 e. The number of benzene rings is 1. The van der Waals surface area contributed by atoms with Crippen LogP contribution in [0.5, 0.6) is 0 Å². The van der Waals surface area contributed by atoms with Crippen LogP contribution in [0, 0.1) is 0 Å². The van der Waals surface area contributed by atoms with Crippen LogP contribution in [0.4, 0.5) is 0 Å². The van der Waals surface area contributed by atoms with Crippen molar-refractivity contribution in [3.63, 3.8) is 0 Å². The summed E-state index contributed by atoms with van der Waals surface area (Å²) >= 11 is 0. The van der Waals surface area contributed by atoms with Crippen LogP contribution in [0.3, 0.4) is 0 Å². The molecule has 0 saturated carbocycles. The van der Waals surface area contributed by atoms with Crippen molar-refractivity contribution >= 4 is 17.8 Å².